The molecule has 1 aliphatic rings. The van der Waals surface area contributed by atoms with E-state index in [1.54, 1.807) is 20.8 Å². The third-order valence-electron chi connectivity index (χ3n) is 5.32. The molecule has 1 aliphatic heterocycles. The van der Waals surface area contributed by atoms with Gasteiger partial charge in [0.1, 0.15) is 11.2 Å². The Morgan fingerprint density at radius 2 is 1.76 bits per heavy atom. The van der Waals surface area contributed by atoms with Crippen LogP contribution in [0.4, 0.5) is 16.2 Å². The molecule has 14 nitrogen and oxygen atoms in total. The first kappa shape index (κ1) is 26.2. The number of nitro groups is 1. The van der Waals surface area contributed by atoms with Gasteiger partial charge < -0.3 is 24.7 Å². The Kier molecular flexibility index (Phi) is 7.57. The molecular formula is C20H26N6O8. The second kappa shape index (κ2) is 9.83. The van der Waals surface area contributed by atoms with Crippen molar-refractivity contribution in [3.8, 4) is 0 Å². The number of benzene rings is 1. The molecule has 0 aromatic heterocycles. The largest absolute Gasteiger partial charge is 0.478 e. The van der Waals surface area contributed by atoms with Crippen molar-refractivity contribution in [1.82, 2.24) is 4.90 Å². The summed E-state index contributed by atoms with van der Waals surface area (Å²) in [6.07, 6.45) is -0.612. The zero-order chi connectivity index (χ0) is 26.0. The lowest BCUT2D eigenvalue weighted by Gasteiger charge is -2.43. The highest BCUT2D eigenvalue weighted by Crippen LogP contribution is 2.40. The summed E-state index contributed by atoms with van der Waals surface area (Å²) in [5, 5.41) is 34.8. The number of carboxylic acids is 2. The van der Waals surface area contributed by atoms with E-state index in [4.69, 9.17) is 10.3 Å². The summed E-state index contributed by atoms with van der Waals surface area (Å²) in [6, 6.07) is -0.739. The minimum Gasteiger partial charge on any atom is -0.478 e. The molecule has 1 atom stereocenters. The molecule has 2 N–H and O–H groups in total. The number of carbonyl (C=O) groups is 3. The van der Waals surface area contributed by atoms with E-state index in [-0.39, 0.29) is 43.0 Å². The van der Waals surface area contributed by atoms with E-state index in [1.807, 2.05) is 0 Å². The van der Waals surface area contributed by atoms with Gasteiger partial charge in [0.2, 0.25) is 0 Å². The Bertz CT molecular complexity index is 1090. The summed E-state index contributed by atoms with van der Waals surface area (Å²) in [5.41, 5.74) is 5.76. The molecule has 1 aromatic carbocycles. The highest BCUT2D eigenvalue weighted by atomic mass is 16.6. The fraction of sp³-hybridized carbons (Fsp3) is 0.550. The van der Waals surface area contributed by atoms with Crippen molar-refractivity contribution in [2.24, 2.45) is 5.11 Å². The minimum absolute atomic E-state index is 0.00906. The van der Waals surface area contributed by atoms with Crippen molar-refractivity contribution in [1.29, 1.82) is 0 Å². The Morgan fingerprint density at radius 1 is 1.18 bits per heavy atom. The second-order valence-electron chi connectivity index (χ2n) is 8.75. The zero-order valence-corrected chi connectivity index (χ0v) is 19.4. The topological polar surface area (TPSA) is 199 Å². The van der Waals surface area contributed by atoms with Gasteiger partial charge in [0.15, 0.2) is 0 Å². The third kappa shape index (κ3) is 5.29. The van der Waals surface area contributed by atoms with Gasteiger partial charge in [-0.2, -0.15) is 0 Å². The Labute approximate surface area is 194 Å². The number of ether oxygens (including phenoxy) is 1. The number of hydrogen-bond acceptors (Lipinski definition) is 8. The van der Waals surface area contributed by atoms with Crippen LogP contribution in [0.3, 0.4) is 0 Å². The van der Waals surface area contributed by atoms with Crippen LogP contribution in [-0.4, -0.2) is 75.9 Å². The Balaban J connectivity index is 2.69. The average Bonchev–Trinajstić information content (AvgIpc) is 2.70. The molecule has 34 heavy (non-hydrogen) atoms. The normalized spacial score (nSPS) is 16.0. The average molecular weight is 478 g/mol. The SMILES string of the molecule is Cc1c(C(=O)O)c([N+](=O)[O-])c(C)c(C(=O)O)c1N1CCN(C(=O)OC(C)(C)C)CC1CN=[N+]=[N-]. The maximum Gasteiger partial charge on any atom is 0.410 e. The Hall–Kier alpha value is -4.06. The van der Waals surface area contributed by atoms with Crippen LogP contribution in [0.2, 0.25) is 0 Å². The van der Waals surface area contributed by atoms with Gasteiger partial charge in [-0.1, -0.05) is 5.11 Å². The lowest BCUT2D eigenvalue weighted by Crippen LogP contribution is -2.57. The molecule has 0 bridgehead atoms. The van der Waals surface area contributed by atoms with Crippen molar-refractivity contribution < 1.29 is 34.3 Å². The fourth-order valence-electron chi connectivity index (χ4n) is 4.01. The molecule has 1 unspecified atom stereocenters. The number of nitrogens with zero attached hydrogens (tertiary/aromatic N) is 6. The summed E-state index contributed by atoms with van der Waals surface area (Å²) in [5.74, 6) is -3.06. The molecule has 0 spiro atoms. The number of rotatable bonds is 6. The summed E-state index contributed by atoms with van der Waals surface area (Å²) < 4.78 is 5.39. The van der Waals surface area contributed by atoms with E-state index in [0.717, 1.165) is 0 Å². The lowest BCUT2D eigenvalue weighted by atomic mass is 9.92. The van der Waals surface area contributed by atoms with Crippen LogP contribution < -0.4 is 4.90 Å². The van der Waals surface area contributed by atoms with E-state index < -0.39 is 51.4 Å². The number of carboxylic acid groups (broad SMARTS) is 2. The highest BCUT2D eigenvalue weighted by molar-refractivity contribution is 6.05. The monoisotopic (exact) mass is 478 g/mol. The maximum atomic E-state index is 12.6. The van der Waals surface area contributed by atoms with Gasteiger partial charge in [0, 0.05) is 36.7 Å². The molecule has 1 amide bonds. The Morgan fingerprint density at radius 3 is 2.24 bits per heavy atom. The van der Waals surface area contributed by atoms with E-state index >= 15 is 0 Å². The van der Waals surface area contributed by atoms with Gasteiger partial charge in [-0.25, -0.2) is 14.4 Å². The van der Waals surface area contributed by atoms with E-state index in [0.29, 0.717) is 0 Å². The molecule has 0 aliphatic carbocycles. The zero-order valence-electron chi connectivity index (χ0n) is 19.4. The number of anilines is 1. The maximum absolute atomic E-state index is 12.6. The number of nitro benzene ring substituents is 1. The number of hydrogen-bond donors (Lipinski definition) is 2. The quantitative estimate of drug-likeness (QED) is 0.202. The summed E-state index contributed by atoms with van der Waals surface area (Å²) in [4.78, 5) is 53.0. The van der Waals surface area contributed by atoms with Gasteiger partial charge in [-0.3, -0.25) is 10.1 Å². The van der Waals surface area contributed by atoms with Gasteiger partial charge in [-0.15, -0.1) is 0 Å². The molecular weight excluding hydrogens is 452 g/mol. The minimum atomic E-state index is -1.58. The van der Waals surface area contributed by atoms with Crippen molar-refractivity contribution in [2.75, 3.05) is 31.1 Å². The van der Waals surface area contributed by atoms with Crippen LogP contribution in [0.5, 0.6) is 0 Å². The van der Waals surface area contributed by atoms with Crippen molar-refractivity contribution in [3.63, 3.8) is 0 Å². The molecule has 184 valence electrons. The van der Waals surface area contributed by atoms with Crippen molar-refractivity contribution in [2.45, 2.75) is 46.3 Å². The molecule has 1 saturated heterocycles. The third-order valence-corrected chi connectivity index (χ3v) is 5.32. The number of piperazine rings is 1. The van der Waals surface area contributed by atoms with Crippen LogP contribution in [-0.2, 0) is 4.74 Å². The summed E-state index contributed by atoms with van der Waals surface area (Å²) in [7, 11) is 0. The molecule has 1 fully saturated rings. The second-order valence-corrected chi connectivity index (χ2v) is 8.75. The predicted octanol–water partition coefficient (Wildman–Crippen LogP) is 3.34. The van der Waals surface area contributed by atoms with Crippen LogP contribution in [0.1, 0.15) is 52.6 Å². The van der Waals surface area contributed by atoms with Crippen LogP contribution in [0.25, 0.3) is 10.4 Å². The van der Waals surface area contributed by atoms with Crippen LogP contribution in [0, 0.1) is 24.0 Å². The summed E-state index contributed by atoms with van der Waals surface area (Å²) >= 11 is 0. The smallest absolute Gasteiger partial charge is 0.410 e. The number of carbonyl (C=O) groups excluding carboxylic acids is 1. The van der Waals surface area contributed by atoms with Crippen LogP contribution >= 0.6 is 0 Å². The fourth-order valence-corrected chi connectivity index (χ4v) is 4.01. The van der Waals surface area contributed by atoms with Gasteiger partial charge in [-0.05, 0) is 45.7 Å². The molecule has 2 rings (SSSR count). The molecule has 14 heteroatoms. The standard InChI is InChI=1S/C20H26N6O8/c1-10-14(18(29)30)16(26(32)33)11(2)13(17(27)28)15(10)25-7-6-24(9-12(25)8-22-23-21)19(31)34-20(3,4)5/h12H,6-9H2,1-5H3,(H,27,28)(H,29,30). The highest BCUT2D eigenvalue weighted by Gasteiger charge is 2.39. The van der Waals surface area contributed by atoms with E-state index in [1.165, 1.54) is 23.6 Å². The first-order chi connectivity index (χ1) is 15.7. The van der Waals surface area contributed by atoms with Gasteiger partial charge in [0.05, 0.1) is 22.2 Å². The van der Waals surface area contributed by atoms with Crippen molar-refractivity contribution >= 4 is 29.4 Å². The first-order valence-electron chi connectivity index (χ1n) is 10.2. The molecule has 1 aromatic rings. The first-order valence-corrected chi connectivity index (χ1v) is 10.2. The molecule has 0 radical (unpaired) electrons. The molecule has 0 saturated carbocycles. The number of amides is 1. The molecule has 1 heterocycles. The van der Waals surface area contributed by atoms with E-state index in [2.05, 4.69) is 10.0 Å². The number of azide groups is 1. The lowest BCUT2D eigenvalue weighted by molar-refractivity contribution is -0.385. The van der Waals surface area contributed by atoms with Crippen molar-refractivity contribution in [3.05, 3.63) is 42.8 Å². The van der Waals surface area contributed by atoms with Gasteiger partial charge in [0.25, 0.3) is 5.69 Å². The van der Waals surface area contributed by atoms with Gasteiger partial charge >= 0.3 is 18.0 Å². The van der Waals surface area contributed by atoms with E-state index in [9.17, 15) is 34.7 Å². The summed E-state index contributed by atoms with van der Waals surface area (Å²) in [6.45, 7) is 7.54. The predicted molar refractivity (Wildman–Crippen MR) is 119 cm³/mol. The number of aromatic carboxylic acids is 2. The van der Waals surface area contributed by atoms with Crippen LogP contribution in [0.15, 0.2) is 5.11 Å².